The largest absolute Gasteiger partial charge is 0.489 e. The first-order chi connectivity index (χ1) is 14.6. The predicted molar refractivity (Wildman–Crippen MR) is 126 cm³/mol. The Labute approximate surface area is 190 Å². The lowest BCUT2D eigenvalue weighted by atomic mass is 10.2. The second-order valence-corrected chi connectivity index (χ2v) is 8.41. The smallest absolute Gasteiger partial charge is 0.271 e. The van der Waals surface area contributed by atoms with E-state index in [1.165, 1.54) is 0 Å². The number of ether oxygens (including phenoxy) is 1. The van der Waals surface area contributed by atoms with Gasteiger partial charge in [-0.2, -0.15) is 5.10 Å². The maximum absolute atomic E-state index is 12.3. The number of carbonyl (C=O) groups is 1. The Morgan fingerprint density at radius 1 is 1.03 bits per heavy atom. The Kier molecular flexibility index (Phi) is 6.30. The monoisotopic (exact) mass is 525 g/mol. The van der Waals surface area contributed by atoms with Crippen molar-refractivity contribution in [3.63, 3.8) is 0 Å². The quantitative estimate of drug-likeness (QED) is 0.238. The van der Waals surface area contributed by atoms with Crippen molar-refractivity contribution < 1.29 is 9.53 Å². The van der Waals surface area contributed by atoms with Crippen LogP contribution in [0.4, 0.5) is 0 Å². The SMILES string of the molecule is O=C(NN=Cc1c[nH]c2ccc(Br)cc12)c1ccc(OCc2cccc(Br)c2)cc1. The van der Waals surface area contributed by atoms with Crippen LogP contribution in [0.2, 0.25) is 0 Å². The van der Waals surface area contributed by atoms with Gasteiger partial charge < -0.3 is 9.72 Å². The van der Waals surface area contributed by atoms with Crippen molar-refractivity contribution in [3.05, 3.63) is 98.6 Å². The average molecular weight is 527 g/mol. The summed E-state index contributed by atoms with van der Waals surface area (Å²) in [5, 5.41) is 5.10. The van der Waals surface area contributed by atoms with Gasteiger partial charge in [-0.15, -0.1) is 0 Å². The van der Waals surface area contributed by atoms with Crippen LogP contribution in [0.1, 0.15) is 21.5 Å². The van der Waals surface area contributed by atoms with Crippen molar-refractivity contribution in [1.29, 1.82) is 0 Å². The summed E-state index contributed by atoms with van der Waals surface area (Å²) in [6.07, 6.45) is 3.48. The first-order valence-corrected chi connectivity index (χ1v) is 10.7. The lowest BCUT2D eigenvalue weighted by molar-refractivity contribution is 0.0955. The maximum Gasteiger partial charge on any atom is 0.271 e. The number of fused-ring (bicyclic) bond motifs is 1. The van der Waals surface area contributed by atoms with Gasteiger partial charge in [0.1, 0.15) is 12.4 Å². The number of nitrogens with zero attached hydrogens (tertiary/aromatic N) is 1. The van der Waals surface area contributed by atoms with Crippen LogP contribution in [0.5, 0.6) is 5.75 Å². The van der Waals surface area contributed by atoms with E-state index in [2.05, 4.69) is 47.4 Å². The summed E-state index contributed by atoms with van der Waals surface area (Å²) in [5.41, 5.74) is 6.02. The Bertz CT molecular complexity index is 1220. The molecule has 1 heterocycles. The molecule has 30 heavy (non-hydrogen) atoms. The summed E-state index contributed by atoms with van der Waals surface area (Å²) in [4.78, 5) is 15.5. The molecule has 0 spiro atoms. The highest BCUT2D eigenvalue weighted by atomic mass is 79.9. The number of benzene rings is 3. The second-order valence-electron chi connectivity index (χ2n) is 6.58. The van der Waals surface area contributed by atoms with E-state index < -0.39 is 0 Å². The second kappa shape index (κ2) is 9.28. The number of H-pyrrole nitrogens is 1. The van der Waals surface area contributed by atoms with Crippen molar-refractivity contribution in [2.75, 3.05) is 0 Å². The number of hydrazone groups is 1. The van der Waals surface area contributed by atoms with E-state index >= 15 is 0 Å². The minimum Gasteiger partial charge on any atom is -0.489 e. The van der Waals surface area contributed by atoms with E-state index in [4.69, 9.17) is 4.74 Å². The fraction of sp³-hybridized carbons (Fsp3) is 0.0435. The highest BCUT2D eigenvalue weighted by Crippen LogP contribution is 2.21. The fourth-order valence-corrected chi connectivity index (χ4v) is 3.75. The first kappa shape index (κ1) is 20.4. The molecule has 0 saturated heterocycles. The lowest BCUT2D eigenvalue weighted by Crippen LogP contribution is -2.17. The van der Waals surface area contributed by atoms with Gasteiger partial charge in [-0.3, -0.25) is 4.79 Å². The minimum absolute atomic E-state index is 0.286. The lowest BCUT2D eigenvalue weighted by Gasteiger charge is -2.07. The molecule has 0 saturated carbocycles. The molecule has 0 atom stereocenters. The zero-order valence-electron chi connectivity index (χ0n) is 15.7. The summed E-state index contributed by atoms with van der Waals surface area (Å²) in [7, 11) is 0. The molecule has 4 rings (SSSR count). The van der Waals surface area contributed by atoms with Crippen molar-refractivity contribution in [1.82, 2.24) is 10.4 Å². The molecule has 7 heteroatoms. The highest BCUT2D eigenvalue weighted by Gasteiger charge is 2.06. The predicted octanol–water partition coefficient (Wildman–Crippen LogP) is 6.04. The summed E-state index contributed by atoms with van der Waals surface area (Å²) in [6.45, 7) is 0.454. The zero-order chi connectivity index (χ0) is 20.9. The maximum atomic E-state index is 12.3. The number of aromatic amines is 1. The van der Waals surface area contributed by atoms with E-state index in [0.29, 0.717) is 17.9 Å². The number of nitrogens with one attached hydrogen (secondary N) is 2. The summed E-state index contributed by atoms with van der Waals surface area (Å²) in [5.74, 6) is 0.408. The number of rotatable bonds is 6. The number of carbonyl (C=O) groups excluding carboxylic acids is 1. The van der Waals surface area contributed by atoms with E-state index in [1.807, 2.05) is 48.7 Å². The number of halogens is 2. The molecule has 150 valence electrons. The van der Waals surface area contributed by atoms with Gasteiger partial charge >= 0.3 is 0 Å². The van der Waals surface area contributed by atoms with E-state index in [-0.39, 0.29) is 5.91 Å². The summed E-state index contributed by atoms with van der Waals surface area (Å²) >= 11 is 6.91. The molecule has 4 aromatic rings. The third-order valence-electron chi connectivity index (χ3n) is 4.46. The van der Waals surface area contributed by atoms with Crippen LogP contribution in [-0.2, 0) is 6.61 Å². The minimum atomic E-state index is -0.286. The molecule has 0 aliphatic heterocycles. The third kappa shape index (κ3) is 4.98. The molecule has 1 amide bonds. The Hall–Kier alpha value is -2.90. The van der Waals surface area contributed by atoms with Gasteiger partial charge in [0, 0.05) is 37.2 Å². The van der Waals surface area contributed by atoms with Crippen molar-refractivity contribution in [3.8, 4) is 5.75 Å². The van der Waals surface area contributed by atoms with E-state index in [1.54, 1.807) is 30.5 Å². The molecule has 0 fully saturated rings. The molecule has 5 nitrogen and oxygen atoms in total. The fourth-order valence-electron chi connectivity index (χ4n) is 2.94. The number of aromatic nitrogens is 1. The summed E-state index contributed by atoms with van der Waals surface area (Å²) < 4.78 is 7.77. The molecule has 0 bridgehead atoms. The Morgan fingerprint density at radius 2 is 1.83 bits per heavy atom. The van der Waals surface area contributed by atoms with Gasteiger partial charge in [0.05, 0.1) is 6.21 Å². The van der Waals surface area contributed by atoms with Crippen LogP contribution in [-0.4, -0.2) is 17.1 Å². The molecule has 3 aromatic carbocycles. The van der Waals surface area contributed by atoms with Gasteiger partial charge in [0.25, 0.3) is 5.91 Å². The third-order valence-corrected chi connectivity index (χ3v) is 5.44. The number of amides is 1. The normalized spacial score (nSPS) is 11.1. The van der Waals surface area contributed by atoms with Crippen LogP contribution < -0.4 is 10.2 Å². The van der Waals surface area contributed by atoms with Crippen LogP contribution in [0, 0.1) is 0 Å². The van der Waals surface area contributed by atoms with E-state index in [9.17, 15) is 4.79 Å². The van der Waals surface area contributed by atoms with Gasteiger partial charge in [-0.05, 0) is 60.2 Å². The molecule has 2 N–H and O–H groups in total. The number of hydrogen-bond donors (Lipinski definition) is 2. The Morgan fingerprint density at radius 3 is 2.63 bits per heavy atom. The molecule has 0 aliphatic rings. The molecule has 0 unspecified atom stereocenters. The average Bonchev–Trinajstić information content (AvgIpc) is 3.15. The van der Waals surface area contributed by atoms with Gasteiger partial charge in [-0.1, -0.05) is 44.0 Å². The van der Waals surface area contributed by atoms with E-state index in [0.717, 1.165) is 31.0 Å². The van der Waals surface area contributed by atoms with Crippen LogP contribution >= 0.6 is 31.9 Å². The van der Waals surface area contributed by atoms with Crippen molar-refractivity contribution >= 4 is 54.9 Å². The van der Waals surface area contributed by atoms with Crippen LogP contribution in [0.25, 0.3) is 10.9 Å². The highest BCUT2D eigenvalue weighted by molar-refractivity contribution is 9.10. The molecular weight excluding hydrogens is 510 g/mol. The molecule has 0 radical (unpaired) electrons. The van der Waals surface area contributed by atoms with Crippen LogP contribution in [0.15, 0.2) is 87.0 Å². The van der Waals surface area contributed by atoms with Gasteiger partial charge in [-0.25, -0.2) is 5.43 Å². The van der Waals surface area contributed by atoms with Crippen LogP contribution in [0.3, 0.4) is 0 Å². The molecule has 0 aliphatic carbocycles. The standard InChI is InChI=1S/C23H17Br2N3O2/c24-18-3-1-2-15(10-18)14-30-20-7-4-16(5-8-20)23(29)28-27-13-17-12-26-22-9-6-19(25)11-21(17)22/h1-13,26H,14H2,(H,28,29). The van der Waals surface area contributed by atoms with Gasteiger partial charge in [0.15, 0.2) is 0 Å². The number of hydrogen-bond acceptors (Lipinski definition) is 3. The van der Waals surface area contributed by atoms with Crippen molar-refractivity contribution in [2.24, 2.45) is 5.10 Å². The van der Waals surface area contributed by atoms with Gasteiger partial charge in [0.2, 0.25) is 0 Å². The molecular formula is C23H17Br2N3O2. The zero-order valence-corrected chi connectivity index (χ0v) is 18.9. The summed E-state index contributed by atoms with van der Waals surface area (Å²) in [6, 6.07) is 20.9. The first-order valence-electron chi connectivity index (χ1n) is 9.16. The van der Waals surface area contributed by atoms with Crippen molar-refractivity contribution in [2.45, 2.75) is 6.61 Å². The molecule has 1 aromatic heterocycles. The topological polar surface area (TPSA) is 66.5 Å². The Balaban J connectivity index is 1.35.